The van der Waals surface area contributed by atoms with Gasteiger partial charge in [0.25, 0.3) is 0 Å². The third kappa shape index (κ3) is 3.80. The minimum atomic E-state index is -0.308. The van der Waals surface area contributed by atoms with Gasteiger partial charge in [0, 0.05) is 27.9 Å². The Morgan fingerprint density at radius 2 is 1.88 bits per heavy atom. The molecular weight excluding hydrogens is 345 g/mol. The van der Waals surface area contributed by atoms with Gasteiger partial charge in [0.2, 0.25) is 0 Å². The first-order valence-electron chi connectivity index (χ1n) is 7.00. The van der Waals surface area contributed by atoms with Gasteiger partial charge in [-0.25, -0.2) is 9.37 Å². The Morgan fingerprint density at radius 1 is 1.17 bits per heavy atom. The molecule has 0 atom stereocenters. The lowest BCUT2D eigenvalue weighted by Crippen LogP contribution is -1.91. The summed E-state index contributed by atoms with van der Waals surface area (Å²) >= 11 is 7.27. The van der Waals surface area contributed by atoms with Crippen LogP contribution in [-0.2, 0) is 0 Å². The van der Waals surface area contributed by atoms with Crippen LogP contribution in [0, 0.1) is 17.1 Å². The largest absolute Gasteiger partial charge is 0.360 e. The Bertz CT molecular complexity index is 909. The molecule has 0 aliphatic rings. The van der Waals surface area contributed by atoms with Crippen LogP contribution in [-0.4, -0.2) is 4.98 Å². The van der Waals surface area contributed by atoms with Crippen LogP contribution < -0.4 is 5.32 Å². The Balaban J connectivity index is 1.81. The van der Waals surface area contributed by atoms with Crippen molar-refractivity contribution in [3.63, 3.8) is 0 Å². The molecule has 0 spiro atoms. The molecule has 1 heterocycles. The molecule has 0 unspecified atom stereocenters. The number of rotatable bonds is 4. The highest BCUT2D eigenvalue weighted by atomic mass is 35.5. The highest BCUT2D eigenvalue weighted by Gasteiger charge is 2.09. The Kier molecular flexibility index (Phi) is 4.90. The highest BCUT2D eigenvalue weighted by Crippen LogP contribution is 2.27. The van der Waals surface area contributed by atoms with Crippen LogP contribution in [0.4, 0.5) is 10.1 Å². The molecule has 0 aliphatic heterocycles. The van der Waals surface area contributed by atoms with Gasteiger partial charge in [0.1, 0.15) is 22.5 Å². The standard InChI is InChI=1S/C18H11ClFN3S/c19-14-3-1-12(2-4-14)17-11-24-18(23-17)13(9-21)10-22-16-7-5-15(20)6-8-16/h1-8,10-11,22H/b13-10-. The van der Waals surface area contributed by atoms with Gasteiger partial charge in [-0.3, -0.25) is 0 Å². The second kappa shape index (κ2) is 7.26. The molecule has 1 N–H and O–H groups in total. The highest BCUT2D eigenvalue weighted by molar-refractivity contribution is 7.11. The maximum absolute atomic E-state index is 12.9. The molecule has 1 aromatic heterocycles. The van der Waals surface area contributed by atoms with E-state index in [1.165, 1.54) is 23.5 Å². The first-order chi connectivity index (χ1) is 11.7. The van der Waals surface area contributed by atoms with Gasteiger partial charge >= 0.3 is 0 Å². The van der Waals surface area contributed by atoms with Crippen molar-refractivity contribution in [1.82, 2.24) is 4.98 Å². The van der Waals surface area contributed by atoms with Crippen LogP contribution in [0.5, 0.6) is 0 Å². The number of hydrogen-bond donors (Lipinski definition) is 1. The van der Waals surface area contributed by atoms with E-state index in [4.69, 9.17) is 11.6 Å². The van der Waals surface area contributed by atoms with Gasteiger partial charge in [0.15, 0.2) is 0 Å². The lowest BCUT2D eigenvalue weighted by molar-refractivity contribution is 0.628. The number of anilines is 1. The lowest BCUT2D eigenvalue weighted by Gasteiger charge is -2.01. The van der Waals surface area contributed by atoms with Gasteiger partial charge < -0.3 is 5.32 Å². The van der Waals surface area contributed by atoms with E-state index in [1.807, 2.05) is 17.5 Å². The van der Waals surface area contributed by atoms with Crippen molar-refractivity contribution < 1.29 is 4.39 Å². The monoisotopic (exact) mass is 355 g/mol. The molecular formula is C18H11ClFN3S. The number of nitrogens with zero attached hydrogens (tertiary/aromatic N) is 2. The minimum absolute atomic E-state index is 0.308. The molecule has 0 bridgehead atoms. The molecule has 0 aliphatic carbocycles. The van der Waals surface area contributed by atoms with Crippen molar-refractivity contribution in [2.45, 2.75) is 0 Å². The van der Waals surface area contributed by atoms with Crippen molar-refractivity contribution in [2.75, 3.05) is 5.32 Å². The number of nitriles is 1. The molecule has 118 valence electrons. The van der Waals surface area contributed by atoms with Crippen molar-refractivity contribution >= 4 is 34.2 Å². The molecule has 2 aromatic carbocycles. The van der Waals surface area contributed by atoms with Crippen LogP contribution in [0.3, 0.4) is 0 Å². The lowest BCUT2D eigenvalue weighted by atomic mass is 10.2. The van der Waals surface area contributed by atoms with Crippen LogP contribution in [0.25, 0.3) is 16.8 Å². The van der Waals surface area contributed by atoms with Gasteiger partial charge in [-0.1, -0.05) is 23.7 Å². The molecule has 0 fully saturated rings. The molecule has 0 saturated carbocycles. The van der Waals surface area contributed by atoms with Crippen LogP contribution in [0.15, 0.2) is 60.1 Å². The summed E-state index contributed by atoms with van der Waals surface area (Å²) in [7, 11) is 0. The molecule has 0 radical (unpaired) electrons. The number of aromatic nitrogens is 1. The van der Waals surface area contributed by atoms with E-state index in [2.05, 4.69) is 16.4 Å². The van der Waals surface area contributed by atoms with E-state index in [1.54, 1.807) is 30.5 Å². The Hall–Kier alpha value is -2.68. The Labute approximate surface area is 147 Å². The quantitative estimate of drug-likeness (QED) is 0.621. The zero-order valence-corrected chi connectivity index (χ0v) is 13.9. The van der Waals surface area contributed by atoms with E-state index in [0.717, 1.165) is 11.3 Å². The molecule has 6 heteroatoms. The SMILES string of the molecule is N#C/C(=C/Nc1ccc(F)cc1)c1nc(-c2ccc(Cl)cc2)cs1. The Morgan fingerprint density at radius 3 is 2.54 bits per heavy atom. The predicted molar refractivity (Wildman–Crippen MR) is 96.2 cm³/mol. The molecule has 0 amide bonds. The topological polar surface area (TPSA) is 48.7 Å². The van der Waals surface area contributed by atoms with Gasteiger partial charge in [0.05, 0.1) is 5.69 Å². The van der Waals surface area contributed by atoms with E-state index in [0.29, 0.717) is 21.3 Å². The number of thiazole rings is 1. The average Bonchev–Trinajstić information content (AvgIpc) is 3.08. The summed E-state index contributed by atoms with van der Waals surface area (Å²) in [5, 5.41) is 15.5. The molecule has 0 saturated heterocycles. The van der Waals surface area contributed by atoms with Gasteiger partial charge in [-0.2, -0.15) is 5.26 Å². The second-order valence-corrected chi connectivity index (χ2v) is 6.16. The summed E-state index contributed by atoms with van der Waals surface area (Å²) in [5.74, 6) is -0.308. The first-order valence-corrected chi connectivity index (χ1v) is 8.25. The van der Waals surface area contributed by atoms with Gasteiger partial charge in [-0.05, 0) is 36.4 Å². The van der Waals surface area contributed by atoms with Crippen LogP contribution in [0.1, 0.15) is 5.01 Å². The fourth-order valence-electron chi connectivity index (χ4n) is 1.99. The summed E-state index contributed by atoms with van der Waals surface area (Å²) < 4.78 is 12.9. The number of nitrogens with one attached hydrogen (secondary N) is 1. The predicted octanol–water partition coefficient (Wildman–Crippen LogP) is 5.58. The van der Waals surface area contributed by atoms with Crippen molar-refractivity contribution in [3.05, 3.63) is 76.0 Å². The molecule has 3 nitrogen and oxygen atoms in total. The third-order valence-electron chi connectivity index (χ3n) is 3.22. The van der Waals surface area contributed by atoms with Crippen molar-refractivity contribution in [2.24, 2.45) is 0 Å². The maximum atomic E-state index is 12.9. The summed E-state index contributed by atoms with van der Waals surface area (Å²) in [6.07, 6.45) is 1.57. The maximum Gasteiger partial charge on any atom is 0.136 e. The zero-order valence-electron chi connectivity index (χ0n) is 12.3. The van der Waals surface area contributed by atoms with E-state index in [9.17, 15) is 9.65 Å². The summed E-state index contributed by atoms with van der Waals surface area (Å²) in [6.45, 7) is 0. The van der Waals surface area contributed by atoms with Gasteiger partial charge in [-0.15, -0.1) is 11.3 Å². The van der Waals surface area contributed by atoms with Crippen molar-refractivity contribution in [3.8, 4) is 17.3 Å². The van der Waals surface area contributed by atoms with Crippen molar-refractivity contribution in [1.29, 1.82) is 5.26 Å². The molecule has 3 rings (SSSR count). The number of halogens is 2. The number of hydrogen-bond acceptors (Lipinski definition) is 4. The zero-order chi connectivity index (χ0) is 16.9. The number of allylic oxidation sites excluding steroid dienone is 1. The van der Waals surface area contributed by atoms with E-state index >= 15 is 0 Å². The van der Waals surface area contributed by atoms with Crippen LogP contribution >= 0.6 is 22.9 Å². The fraction of sp³-hybridized carbons (Fsp3) is 0. The average molecular weight is 356 g/mol. The summed E-state index contributed by atoms with van der Waals surface area (Å²) in [5.41, 5.74) is 2.82. The normalized spacial score (nSPS) is 11.1. The molecule has 3 aromatic rings. The molecule has 24 heavy (non-hydrogen) atoms. The number of benzene rings is 2. The summed E-state index contributed by atoms with van der Waals surface area (Å²) in [6, 6.07) is 15.4. The van der Waals surface area contributed by atoms with E-state index < -0.39 is 0 Å². The second-order valence-electron chi connectivity index (χ2n) is 4.87. The fourth-order valence-corrected chi connectivity index (χ4v) is 2.91. The smallest absolute Gasteiger partial charge is 0.136 e. The minimum Gasteiger partial charge on any atom is -0.360 e. The third-order valence-corrected chi connectivity index (χ3v) is 4.35. The van der Waals surface area contributed by atoms with E-state index in [-0.39, 0.29) is 5.82 Å². The first kappa shape index (κ1) is 16.2. The van der Waals surface area contributed by atoms with Crippen LogP contribution in [0.2, 0.25) is 5.02 Å². The summed E-state index contributed by atoms with van der Waals surface area (Å²) in [4.78, 5) is 4.49.